The third-order valence-corrected chi connectivity index (χ3v) is 4.52. The Bertz CT molecular complexity index is 570. The van der Waals surface area contributed by atoms with E-state index in [4.69, 9.17) is 4.74 Å². The number of aliphatic carboxylic acids is 1. The van der Waals surface area contributed by atoms with E-state index in [1.165, 1.54) is 0 Å². The minimum atomic E-state index is -0.811. The summed E-state index contributed by atoms with van der Waals surface area (Å²) in [5, 5.41) is 12.3. The lowest BCUT2D eigenvalue weighted by molar-refractivity contribution is -0.143. The SMILES string of the molecule is COc1cc(CC(=O)N[C@H]2CCCCC[C@H]2C(=O)O)ccc1C. The average molecular weight is 319 g/mol. The van der Waals surface area contributed by atoms with E-state index in [0.717, 1.165) is 42.6 Å². The smallest absolute Gasteiger partial charge is 0.308 e. The van der Waals surface area contributed by atoms with E-state index in [1.807, 2.05) is 25.1 Å². The Labute approximate surface area is 137 Å². The van der Waals surface area contributed by atoms with Gasteiger partial charge in [-0.3, -0.25) is 9.59 Å². The molecule has 126 valence electrons. The number of carboxylic acid groups (broad SMARTS) is 1. The van der Waals surface area contributed by atoms with Crippen LogP contribution in [0.2, 0.25) is 0 Å². The first-order valence-corrected chi connectivity index (χ1v) is 8.17. The third kappa shape index (κ3) is 4.71. The molecule has 0 aromatic heterocycles. The number of methoxy groups -OCH3 is 1. The van der Waals surface area contributed by atoms with Crippen LogP contribution >= 0.6 is 0 Å². The van der Waals surface area contributed by atoms with Gasteiger partial charge in [0.15, 0.2) is 0 Å². The van der Waals surface area contributed by atoms with Crippen LogP contribution in [0.4, 0.5) is 0 Å². The molecule has 2 atom stereocenters. The lowest BCUT2D eigenvalue weighted by Crippen LogP contribution is -2.43. The molecule has 5 heteroatoms. The van der Waals surface area contributed by atoms with Crippen LogP contribution in [-0.4, -0.2) is 30.1 Å². The van der Waals surface area contributed by atoms with Crippen LogP contribution in [0.25, 0.3) is 0 Å². The van der Waals surface area contributed by atoms with Crippen LogP contribution in [0.15, 0.2) is 18.2 Å². The molecule has 1 aromatic rings. The molecule has 0 spiro atoms. The molecular formula is C18H25NO4. The van der Waals surface area contributed by atoms with Crippen LogP contribution in [-0.2, 0) is 16.0 Å². The van der Waals surface area contributed by atoms with E-state index in [1.54, 1.807) is 7.11 Å². The van der Waals surface area contributed by atoms with Crippen molar-refractivity contribution in [3.8, 4) is 5.75 Å². The van der Waals surface area contributed by atoms with Gasteiger partial charge in [-0.2, -0.15) is 0 Å². The van der Waals surface area contributed by atoms with Crippen LogP contribution in [0, 0.1) is 12.8 Å². The molecular weight excluding hydrogens is 294 g/mol. The second kappa shape index (κ2) is 7.99. The first-order chi connectivity index (χ1) is 11.0. The number of rotatable bonds is 5. The topological polar surface area (TPSA) is 75.6 Å². The lowest BCUT2D eigenvalue weighted by Gasteiger charge is -2.23. The Hall–Kier alpha value is -2.04. The largest absolute Gasteiger partial charge is 0.496 e. The van der Waals surface area contributed by atoms with E-state index in [2.05, 4.69) is 5.32 Å². The predicted octanol–water partition coefficient (Wildman–Crippen LogP) is 2.70. The minimum absolute atomic E-state index is 0.131. The third-order valence-electron chi connectivity index (χ3n) is 4.52. The van der Waals surface area contributed by atoms with Gasteiger partial charge in [0.25, 0.3) is 0 Å². The molecule has 2 N–H and O–H groups in total. The fourth-order valence-electron chi connectivity index (χ4n) is 3.19. The quantitative estimate of drug-likeness (QED) is 0.818. The number of carboxylic acids is 1. The normalized spacial score (nSPS) is 21.3. The zero-order valence-electron chi connectivity index (χ0n) is 13.8. The molecule has 5 nitrogen and oxygen atoms in total. The number of hydrogen-bond acceptors (Lipinski definition) is 3. The number of hydrogen-bond donors (Lipinski definition) is 2. The van der Waals surface area contributed by atoms with Crippen molar-refractivity contribution in [2.24, 2.45) is 5.92 Å². The van der Waals surface area contributed by atoms with Gasteiger partial charge in [0.05, 0.1) is 19.4 Å². The van der Waals surface area contributed by atoms with Gasteiger partial charge in [0.2, 0.25) is 5.91 Å². The maximum absolute atomic E-state index is 12.3. The van der Waals surface area contributed by atoms with Crippen molar-refractivity contribution < 1.29 is 19.4 Å². The summed E-state index contributed by atoms with van der Waals surface area (Å²) >= 11 is 0. The number of ether oxygens (including phenoxy) is 1. The predicted molar refractivity (Wildman–Crippen MR) is 87.6 cm³/mol. The number of nitrogens with one attached hydrogen (secondary N) is 1. The lowest BCUT2D eigenvalue weighted by atomic mass is 9.94. The summed E-state index contributed by atoms with van der Waals surface area (Å²) in [6.45, 7) is 1.95. The van der Waals surface area contributed by atoms with E-state index in [0.29, 0.717) is 6.42 Å². The number of carbonyl (C=O) groups is 2. The van der Waals surface area contributed by atoms with Gasteiger partial charge >= 0.3 is 5.97 Å². The monoisotopic (exact) mass is 319 g/mol. The first kappa shape index (κ1) is 17.3. The van der Waals surface area contributed by atoms with Crippen LogP contribution in [0.5, 0.6) is 5.75 Å². The summed E-state index contributed by atoms with van der Waals surface area (Å²) < 4.78 is 5.27. The van der Waals surface area contributed by atoms with Gasteiger partial charge in [-0.15, -0.1) is 0 Å². The van der Waals surface area contributed by atoms with E-state index in [-0.39, 0.29) is 18.4 Å². The average Bonchev–Trinajstić information content (AvgIpc) is 2.74. The van der Waals surface area contributed by atoms with Crippen molar-refractivity contribution >= 4 is 11.9 Å². The Morgan fingerprint density at radius 3 is 2.70 bits per heavy atom. The second-order valence-corrected chi connectivity index (χ2v) is 6.24. The molecule has 1 amide bonds. The maximum atomic E-state index is 12.3. The van der Waals surface area contributed by atoms with Crippen molar-refractivity contribution in [1.82, 2.24) is 5.32 Å². The zero-order chi connectivity index (χ0) is 16.8. The molecule has 1 aliphatic carbocycles. The van der Waals surface area contributed by atoms with Crippen LogP contribution < -0.4 is 10.1 Å². The molecule has 0 radical (unpaired) electrons. The number of aryl methyl sites for hydroxylation is 1. The molecule has 1 aromatic carbocycles. The van der Waals surface area contributed by atoms with Gasteiger partial charge in [-0.25, -0.2) is 0 Å². The minimum Gasteiger partial charge on any atom is -0.496 e. The van der Waals surface area contributed by atoms with Crippen molar-refractivity contribution in [2.75, 3.05) is 7.11 Å². The first-order valence-electron chi connectivity index (χ1n) is 8.17. The highest BCUT2D eigenvalue weighted by molar-refractivity contribution is 5.80. The van der Waals surface area contributed by atoms with Crippen LogP contribution in [0.1, 0.15) is 43.2 Å². The Morgan fingerprint density at radius 2 is 2.00 bits per heavy atom. The molecule has 1 fully saturated rings. The molecule has 23 heavy (non-hydrogen) atoms. The van der Waals surface area contributed by atoms with E-state index in [9.17, 15) is 14.7 Å². The van der Waals surface area contributed by atoms with E-state index < -0.39 is 11.9 Å². The van der Waals surface area contributed by atoms with Gasteiger partial charge in [0.1, 0.15) is 5.75 Å². The molecule has 1 saturated carbocycles. The van der Waals surface area contributed by atoms with Gasteiger partial charge in [0, 0.05) is 6.04 Å². The zero-order valence-corrected chi connectivity index (χ0v) is 13.8. The number of amides is 1. The molecule has 0 saturated heterocycles. The molecule has 0 bridgehead atoms. The number of carbonyl (C=O) groups excluding carboxylic acids is 1. The summed E-state index contributed by atoms with van der Waals surface area (Å²) in [6, 6.07) is 5.41. The van der Waals surface area contributed by atoms with Crippen molar-refractivity contribution in [1.29, 1.82) is 0 Å². The summed E-state index contributed by atoms with van der Waals surface area (Å²) in [6.07, 6.45) is 4.52. The van der Waals surface area contributed by atoms with Gasteiger partial charge in [-0.05, 0) is 37.0 Å². The molecule has 2 rings (SSSR count). The second-order valence-electron chi connectivity index (χ2n) is 6.24. The highest BCUT2D eigenvalue weighted by Crippen LogP contribution is 2.24. The van der Waals surface area contributed by atoms with Gasteiger partial charge < -0.3 is 15.2 Å². The Balaban J connectivity index is 2.01. The van der Waals surface area contributed by atoms with E-state index >= 15 is 0 Å². The molecule has 1 aliphatic rings. The summed E-state index contributed by atoms with van der Waals surface area (Å²) in [5.41, 5.74) is 1.89. The molecule has 0 unspecified atom stereocenters. The maximum Gasteiger partial charge on any atom is 0.308 e. The van der Waals surface area contributed by atoms with Crippen LogP contribution in [0.3, 0.4) is 0 Å². The molecule has 0 heterocycles. The fraction of sp³-hybridized carbons (Fsp3) is 0.556. The summed E-state index contributed by atoms with van der Waals surface area (Å²) in [4.78, 5) is 23.7. The standard InChI is InChI=1S/C18H25NO4/c1-12-8-9-13(10-16(12)23-2)11-17(20)19-15-7-5-3-4-6-14(15)18(21)22/h8-10,14-15H,3-7,11H2,1-2H3,(H,19,20)(H,21,22)/t14-,15+/m1/s1. The van der Waals surface area contributed by atoms with Crippen molar-refractivity contribution in [3.63, 3.8) is 0 Å². The molecule has 0 aliphatic heterocycles. The van der Waals surface area contributed by atoms with Gasteiger partial charge in [-0.1, -0.05) is 31.4 Å². The van der Waals surface area contributed by atoms with Crippen molar-refractivity contribution in [3.05, 3.63) is 29.3 Å². The fourth-order valence-corrected chi connectivity index (χ4v) is 3.19. The number of benzene rings is 1. The highest BCUT2D eigenvalue weighted by atomic mass is 16.5. The Kier molecular flexibility index (Phi) is 6.02. The highest BCUT2D eigenvalue weighted by Gasteiger charge is 2.30. The Morgan fingerprint density at radius 1 is 1.26 bits per heavy atom. The van der Waals surface area contributed by atoms with Crippen molar-refractivity contribution in [2.45, 2.75) is 51.5 Å². The summed E-state index contributed by atoms with van der Waals surface area (Å²) in [5.74, 6) is -0.662. The summed E-state index contributed by atoms with van der Waals surface area (Å²) in [7, 11) is 1.61.